The molecule has 168 valence electrons. The zero-order valence-electron chi connectivity index (χ0n) is 18.0. The Labute approximate surface area is 199 Å². The lowest BCUT2D eigenvalue weighted by atomic mass is 10.2. The summed E-state index contributed by atoms with van der Waals surface area (Å²) in [7, 11) is -2.64. The average Bonchev–Trinajstić information content (AvgIpc) is 3.29. The maximum Gasteiger partial charge on any atom is 0.168 e. The molecule has 32 heavy (non-hydrogen) atoms. The zero-order valence-corrected chi connectivity index (χ0v) is 20.4. The molecule has 3 rings (SSSR count). The lowest BCUT2D eigenvalue weighted by Crippen LogP contribution is -2.28. The van der Waals surface area contributed by atoms with Crippen LogP contribution in [0.25, 0.3) is 16.1 Å². The summed E-state index contributed by atoms with van der Waals surface area (Å²) in [6.07, 6.45) is 1.84. The summed E-state index contributed by atoms with van der Waals surface area (Å²) in [5.74, 6) is 0. The van der Waals surface area contributed by atoms with Gasteiger partial charge in [0.2, 0.25) is 0 Å². The van der Waals surface area contributed by atoms with Gasteiger partial charge in [-0.05, 0) is 61.1 Å². The van der Waals surface area contributed by atoms with E-state index in [9.17, 15) is 8.42 Å². The van der Waals surface area contributed by atoms with E-state index in [4.69, 9.17) is 17.0 Å². The molecule has 0 bridgehead atoms. The molecular formula is C24H26ClN3O2S2. The first-order valence-electron chi connectivity index (χ1n) is 10.3. The van der Waals surface area contributed by atoms with Crippen LogP contribution >= 0.6 is 22.9 Å². The molecule has 2 N–H and O–H groups in total. The van der Waals surface area contributed by atoms with Gasteiger partial charge in [-0.2, -0.15) is 0 Å². The van der Waals surface area contributed by atoms with Crippen LogP contribution in [0.5, 0.6) is 0 Å². The van der Waals surface area contributed by atoms with Crippen LogP contribution in [0.3, 0.4) is 0 Å². The second-order valence-corrected chi connectivity index (χ2v) is 9.64. The smallest absolute Gasteiger partial charge is 0.168 e. The van der Waals surface area contributed by atoms with Crippen LogP contribution in [0.1, 0.15) is 18.7 Å². The van der Waals surface area contributed by atoms with Gasteiger partial charge in [0.05, 0.1) is 26.2 Å². The second kappa shape index (κ2) is 11.4. The largest absolute Gasteiger partial charge is 0.353 e. The van der Waals surface area contributed by atoms with Crippen LogP contribution in [0.4, 0.5) is 5.69 Å². The van der Waals surface area contributed by atoms with Crippen LogP contribution in [0.2, 0.25) is 5.02 Å². The molecule has 3 aromatic rings. The highest BCUT2D eigenvalue weighted by Gasteiger charge is 2.12. The summed E-state index contributed by atoms with van der Waals surface area (Å²) in [5, 5.41) is 12.5. The first-order chi connectivity index (χ1) is 15.4. The van der Waals surface area contributed by atoms with E-state index in [0.717, 1.165) is 39.8 Å². The standard InChI is InChI=1S/C24H26ClN3O2S2/c1-3-28(4-2)16-18(26)15-22(27-21-11-6-5-10-20(21)25)24-13-12-23(31-24)17-8-7-9-19(14-17)32(29)30/h5-15,26-27,32H,3-4,16H2,1-2H3/b22-15-,26-18?. The summed E-state index contributed by atoms with van der Waals surface area (Å²) < 4.78 is 22.7. The van der Waals surface area contributed by atoms with Gasteiger partial charge in [-0.3, -0.25) is 4.90 Å². The fourth-order valence-corrected chi connectivity index (χ4v) is 4.80. The van der Waals surface area contributed by atoms with E-state index in [1.807, 2.05) is 48.5 Å². The van der Waals surface area contributed by atoms with E-state index in [0.29, 0.717) is 22.2 Å². The lowest BCUT2D eigenvalue weighted by Gasteiger charge is -2.18. The molecule has 8 heteroatoms. The molecular weight excluding hydrogens is 462 g/mol. The number of anilines is 1. The van der Waals surface area contributed by atoms with E-state index in [1.54, 1.807) is 18.2 Å². The Morgan fingerprint density at radius 3 is 2.53 bits per heavy atom. The number of halogens is 1. The Bertz CT molecular complexity index is 1190. The molecule has 1 heterocycles. The summed E-state index contributed by atoms with van der Waals surface area (Å²) in [6, 6.07) is 18.3. The molecule has 0 saturated carbocycles. The van der Waals surface area contributed by atoms with Crippen molar-refractivity contribution >= 4 is 50.7 Å². The van der Waals surface area contributed by atoms with Crippen LogP contribution in [0, 0.1) is 5.41 Å². The van der Waals surface area contributed by atoms with Crippen molar-refractivity contribution in [2.75, 3.05) is 25.0 Å². The normalized spacial score (nSPS) is 11.8. The van der Waals surface area contributed by atoms with Crippen LogP contribution in [-0.2, 0) is 10.7 Å². The molecule has 0 unspecified atom stereocenters. The molecule has 0 radical (unpaired) electrons. The Morgan fingerprint density at radius 2 is 1.84 bits per heavy atom. The first-order valence-corrected chi connectivity index (χ1v) is 12.7. The van der Waals surface area contributed by atoms with Gasteiger partial charge in [-0.1, -0.05) is 49.7 Å². The fraction of sp³-hybridized carbons (Fsp3) is 0.208. The number of hydrogen-bond acceptors (Lipinski definition) is 6. The Kier molecular flexibility index (Phi) is 8.64. The molecule has 0 atom stereocenters. The van der Waals surface area contributed by atoms with Crippen molar-refractivity contribution in [2.45, 2.75) is 18.7 Å². The minimum absolute atomic E-state index is 0.290. The summed E-state index contributed by atoms with van der Waals surface area (Å²) in [6.45, 7) is 6.47. The fourth-order valence-electron chi connectivity index (χ4n) is 3.19. The molecule has 5 nitrogen and oxygen atoms in total. The molecule has 0 aliphatic carbocycles. The third-order valence-electron chi connectivity index (χ3n) is 4.96. The number of para-hydroxylation sites is 1. The number of hydrogen-bond donors (Lipinski definition) is 3. The summed E-state index contributed by atoms with van der Waals surface area (Å²) >= 11 is 7.90. The highest BCUT2D eigenvalue weighted by molar-refractivity contribution is 7.72. The van der Waals surface area contributed by atoms with E-state index >= 15 is 0 Å². The number of thiophene rings is 1. The topological polar surface area (TPSA) is 73.3 Å². The minimum atomic E-state index is -2.64. The van der Waals surface area contributed by atoms with E-state index < -0.39 is 10.7 Å². The molecule has 0 spiro atoms. The van der Waals surface area contributed by atoms with E-state index in [2.05, 4.69) is 24.1 Å². The number of rotatable bonds is 10. The number of thiol groups is 1. The predicted octanol–water partition coefficient (Wildman–Crippen LogP) is 5.85. The monoisotopic (exact) mass is 487 g/mol. The highest BCUT2D eigenvalue weighted by atomic mass is 35.5. The Morgan fingerprint density at radius 1 is 1.09 bits per heavy atom. The van der Waals surface area contributed by atoms with E-state index in [-0.39, 0.29) is 0 Å². The van der Waals surface area contributed by atoms with Gasteiger partial charge in [-0.15, -0.1) is 11.3 Å². The summed E-state index contributed by atoms with van der Waals surface area (Å²) in [4.78, 5) is 4.35. The SMILES string of the molecule is CCN(CC)CC(=N)/C=C(\Nc1ccccc1Cl)c1ccc(-c2cccc([SH](=O)=O)c2)s1. The van der Waals surface area contributed by atoms with Crippen LogP contribution in [-0.4, -0.2) is 38.7 Å². The van der Waals surface area contributed by atoms with Gasteiger partial charge in [0.25, 0.3) is 0 Å². The molecule has 2 aromatic carbocycles. The van der Waals surface area contributed by atoms with Crippen LogP contribution < -0.4 is 5.32 Å². The van der Waals surface area contributed by atoms with Crippen molar-refractivity contribution in [1.29, 1.82) is 5.41 Å². The predicted molar refractivity (Wildman–Crippen MR) is 137 cm³/mol. The van der Waals surface area contributed by atoms with Gasteiger partial charge < -0.3 is 10.7 Å². The quantitative estimate of drug-likeness (QED) is 0.247. The van der Waals surface area contributed by atoms with Crippen molar-refractivity contribution in [3.63, 3.8) is 0 Å². The first kappa shape index (κ1) is 24.2. The lowest BCUT2D eigenvalue weighted by molar-refractivity contribution is 0.347. The highest BCUT2D eigenvalue weighted by Crippen LogP contribution is 2.34. The number of benzene rings is 2. The van der Waals surface area contributed by atoms with Crippen LogP contribution in [0.15, 0.2) is 71.6 Å². The van der Waals surface area contributed by atoms with Gasteiger partial charge in [-0.25, -0.2) is 8.42 Å². The average molecular weight is 488 g/mol. The van der Waals surface area contributed by atoms with Gasteiger partial charge in [0, 0.05) is 17.1 Å². The van der Waals surface area contributed by atoms with Gasteiger partial charge in [0.1, 0.15) is 0 Å². The Hall–Kier alpha value is -2.45. The molecule has 1 aromatic heterocycles. The van der Waals surface area contributed by atoms with Crippen molar-refractivity contribution in [3.8, 4) is 10.4 Å². The van der Waals surface area contributed by atoms with Crippen molar-refractivity contribution < 1.29 is 8.42 Å². The third kappa shape index (κ3) is 6.29. The van der Waals surface area contributed by atoms with Gasteiger partial charge >= 0.3 is 0 Å². The second-order valence-electron chi connectivity index (χ2n) is 7.12. The number of nitrogens with zero attached hydrogens (tertiary/aromatic N) is 1. The molecule has 0 fully saturated rings. The molecule has 0 amide bonds. The summed E-state index contributed by atoms with van der Waals surface area (Å²) in [5.41, 5.74) is 2.87. The number of nitrogens with one attached hydrogen (secondary N) is 2. The van der Waals surface area contributed by atoms with Crippen molar-refractivity contribution in [3.05, 3.63) is 76.6 Å². The maximum atomic E-state index is 11.4. The van der Waals surface area contributed by atoms with Crippen molar-refractivity contribution in [2.24, 2.45) is 0 Å². The van der Waals surface area contributed by atoms with E-state index in [1.165, 1.54) is 11.3 Å². The zero-order chi connectivity index (χ0) is 23.1. The molecule has 0 saturated heterocycles. The third-order valence-corrected chi connectivity index (χ3v) is 7.16. The minimum Gasteiger partial charge on any atom is -0.353 e. The van der Waals surface area contributed by atoms with Crippen molar-refractivity contribution in [1.82, 2.24) is 4.90 Å². The molecule has 0 aliphatic rings. The van der Waals surface area contributed by atoms with Gasteiger partial charge in [0.15, 0.2) is 10.7 Å². The molecule has 0 aliphatic heterocycles. The maximum absolute atomic E-state index is 11.4. The Balaban J connectivity index is 1.96.